The minimum Gasteiger partial charge on any atom is -0.350 e. The molecule has 0 saturated heterocycles. The van der Waals surface area contributed by atoms with Gasteiger partial charge in [0, 0.05) is 27.2 Å². The van der Waals surface area contributed by atoms with E-state index in [2.05, 4.69) is 5.32 Å². The number of halogens is 3. The Bertz CT molecular complexity index is 1490. The van der Waals surface area contributed by atoms with Crippen LogP contribution in [0.25, 0.3) is 0 Å². The normalized spacial score (nSPS) is 12.5. The molecule has 0 aromatic heterocycles. The number of hydrogen-bond donors (Lipinski definition) is 1. The van der Waals surface area contributed by atoms with Crippen LogP contribution < -0.4 is 9.62 Å². The van der Waals surface area contributed by atoms with Crippen molar-refractivity contribution in [3.63, 3.8) is 0 Å². The molecule has 7 nitrogen and oxygen atoms in total. The summed E-state index contributed by atoms with van der Waals surface area (Å²) in [5, 5.41) is 4.00. The van der Waals surface area contributed by atoms with E-state index in [1.807, 2.05) is 20.8 Å². The average molecular weight is 625 g/mol. The molecule has 1 atom stereocenters. The van der Waals surface area contributed by atoms with Gasteiger partial charge in [-0.2, -0.15) is 0 Å². The summed E-state index contributed by atoms with van der Waals surface area (Å²) >= 11 is 18.5. The number of amides is 2. The molecule has 0 bridgehead atoms. The number of carbonyl (C=O) groups is 2. The second-order valence-electron chi connectivity index (χ2n) is 10.4. The molecule has 0 aliphatic rings. The van der Waals surface area contributed by atoms with E-state index >= 15 is 0 Å². The number of carbonyl (C=O) groups excluding carboxylic acids is 2. The molecule has 2 amide bonds. The van der Waals surface area contributed by atoms with Crippen molar-refractivity contribution in [2.45, 2.75) is 57.6 Å². The van der Waals surface area contributed by atoms with Gasteiger partial charge in [0.1, 0.15) is 12.6 Å². The first-order valence-corrected chi connectivity index (χ1v) is 15.1. The fraction of sp³-hybridized carbons (Fsp3) is 0.310. The average Bonchev–Trinajstić information content (AvgIpc) is 2.86. The molecule has 214 valence electrons. The highest BCUT2D eigenvalue weighted by Gasteiger charge is 2.34. The molecular formula is C29H32Cl3N3O4S. The van der Waals surface area contributed by atoms with Gasteiger partial charge in [-0.25, -0.2) is 8.42 Å². The lowest BCUT2D eigenvalue weighted by molar-refractivity contribution is -0.140. The van der Waals surface area contributed by atoms with E-state index < -0.39 is 40.0 Å². The number of nitrogens with one attached hydrogen (secondary N) is 1. The molecule has 0 spiro atoms. The maximum Gasteiger partial charge on any atom is 0.264 e. The summed E-state index contributed by atoms with van der Waals surface area (Å²) in [6, 6.07) is 16.5. The number of sulfonamides is 1. The first kappa shape index (κ1) is 31.7. The molecule has 1 N–H and O–H groups in total. The second-order valence-corrected chi connectivity index (χ2v) is 13.6. The Morgan fingerprint density at radius 2 is 1.52 bits per heavy atom. The van der Waals surface area contributed by atoms with Crippen LogP contribution in [-0.2, 0) is 26.2 Å². The molecule has 11 heteroatoms. The van der Waals surface area contributed by atoms with E-state index in [-0.39, 0.29) is 11.4 Å². The standard InChI is InChI=1S/C29H32Cl3N3O4S/c1-19-8-6-7-9-26(19)35(40(38,39)24-14-12-22(30)13-15-24)18-27(36)34(20(2)28(37)33-29(3,4)5)17-21-10-11-23(31)16-25(21)32/h6-16,20H,17-18H2,1-5H3,(H,33,37). The summed E-state index contributed by atoms with van der Waals surface area (Å²) < 4.78 is 28.8. The Hall–Kier alpha value is -2.78. The van der Waals surface area contributed by atoms with E-state index in [0.717, 1.165) is 4.31 Å². The number of hydrogen-bond acceptors (Lipinski definition) is 4. The minimum atomic E-state index is -4.20. The van der Waals surface area contributed by atoms with E-state index in [9.17, 15) is 18.0 Å². The quantitative estimate of drug-likeness (QED) is 0.295. The van der Waals surface area contributed by atoms with Crippen molar-refractivity contribution in [3.05, 3.63) is 92.9 Å². The fourth-order valence-electron chi connectivity index (χ4n) is 3.98. The van der Waals surface area contributed by atoms with Crippen molar-refractivity contribution in [1.29, 1.82) is 0 Å². The van der Waals surface area contributed by atoms with Crippen molar-refractivity contribution in [2.75, 3.05) is 10.8 Å². The third kappa shape index (κ3) is 7.91. The molecular weight excluding hydrogens is 593 g/mol. The van der Waals surface area contributed by atoms with Crippen LogP contribution in [0.1, 0.15) is 38.8 Å². The lowest BCUT2D eigenvalue weighted by Crippen LogP contribution is -2.54. The zero-order valence-corrected chi connectivity index (χ0v) is 26.0. The number of aryl methyl sites for hydroxylation is 1. The van der Waals surface area contributed by atoms with Gasteiger partial charge in [-0.15, -0.1) is 0 Å². The Kier molecular flexibility index (Phi) is 10.2. The van der Waals surface area contributed by atoms with E-state index in [1.54, 1.807) is 56.3 Å². The van der Waals surface area contributed by atoms with Crippen molar-refractivity contribution in [3.8, 4) is 0 Å². The molecule has 40 heavy (non-hydrogen) atoms. The zero-order valence-electron chi connectivity index (χ0n) is 22.9. The highest BCUT2D eigenvalue weighted by atomic mass is 35.5. The maximum absolute atomic E-state index is 14.0. The molecule has 3 rings (SSSR count). The molecule has 0 aliphatic heterocycles. The van der Waals surface area contributed by atoms with Crippen molar-refractivity contribution in [1.82, 2.24) is 10.2 Å². The number of benzene rings is 3. The largest absolute Gasteiger partial charge is 0.350 e. The van der Waals surface area contributed by atoms with Gasteiger partial charge >= 0.3 is 0 Å². The number of nitrogens with zero attached hydrogens (tertiary/aromatic N) is 2. The van der Waals surface area contributed by atoms with Gasteiger partial charge in [0.2, 0.25) is 11.8 Å². The third-order valence-electron chi connectivity index (χ3n) is 6.09. The van der Waals surface area contributed by atoms with E-state index in [0.29, 0.717) is 31.9 Å². The minimum absolute atomic E-state index is 0.0289. The molecule has 3 aromatic rings. The predicted octanol–water partition coefficient (Wildman–Crippen LogP) is 6.48. The van der Waals surface area contributed by atoms with Crippen molar-refractivity contribution >= 4 is 62.3 Å². The van der Waals surface area contributed by atoms with Crippen LogP contribution in [0, 0.1) is 6.92 Å². The van der Waals surface area contributed by atoms with Crippen LogP contribution in [0.15, 0.2) is 71.6 Å². The van der Waals surface area contributed by atoms with Gasteiger partial charge in [0.15, 0.2) is 0 Å². The van der Waals surface area contributed by atoms with Crippen LogP contribution >= 0.6 is 34.8 Å². The van der Waals surface area contributed by atoms with Gasteiger partial charge in [-0.3, -0.25) is 13.9 Å². The maximum atomic E-state index is 14.0. The van der Waals surface area contributed by atoms with Gasteiger partial charge in [-0.05, 0) is 88.2 Å². The first-order valence-electron chi connectivity index (χ1n) is 12.5. The fourth-order valence-corrected chi connectivity index (χ4v) is 6.05. The van der Waals surface area contributed by atoms with Gasteiger partial charge < -0.3 is 10.2 Å². The lowest BCUT2D eigenvalue weighted by atomic mass is 10.1. The molecule has 1 unspecified atom stereocenters. The number of para-hydroxylation sites is 1. The molecule has 0 saturated carbocycles. The number of anilines is 1. The second kappa shape index (κ2) is 12.8. The topological polar surface area (TPSA) is 86.8 Å². The summed E-state index contributed by atoms with van der Waals surface area (Å²) in [4.78, 5) is 28.5. The third-order valence-corrected chi connectivity index (χ3v) is 8.70. The highest BCUT2D eigenvalue weighted by molar-refractivity contribution is 7.92. The highest BCUT2D eigenvalue weighted by Crippen LogP contribution is 2.29. The summed E-state index contributed by atoms with van der Waals surface area (Å²) in [7, 11) is -4.20. The Balaban J connectivity index is 2.07. The van der Waals surface area contributed by atoms with Gasteiger partial charge in [0.05, 0.1) is 10.6 Å². The number of rotatable bonds is 9. The zero-order chi connectivity index (χ0) is 29.8. The Labute approximate surface area is 251 Å². The van der Waals surface area contributed by atoms with Gasteiger partial charge in [-0.1, -0.05) is 59.1 Å². The molecule has 0 radical (unpaired) electrons. The van der Waals surface area contributed by atoms with Crippen LogP contribution in [-0.4, -0.2) is 43.3 Å². The summed E-state index contributed by atoms with van der Waals surface area (Å²) in [5.41, 5.74) is 0.988. The van der Waals surface area contributed by atoms with Crippen molar-refractivity contribution < 1.29 is 18.0 Å². The SMILES string of the molecule is Cc1ccccc1N(CC(=O)N(Cc1ccc(Cl)cc1Cl)C(C)C(=O)NC(C)(C)C)S(=O)(=O)c1ccc(Cl)cc1. The van der Waals surface area contributed by atoms with Crippen LogP contribution in [0.4, 0.5) is 5.69 Å². The van der Waals surface area contributed by atoms with E-state index in [1.165, 1.54) is 29.2 Å². The predicted molar refractivity (Wildman–Crippen MR) is 162 cm³/mol. The van der Waals surface area contributed by atoms with Gasteiger partial charge in [0.25, 0.3) is 10.0 Å². The smallest absolute Gasteiger partial charge is 0.264 e. The first-order chi connectivity index (χ1) is 18.6. The Morgan fingerprint density at radius 3 is 2.10 bits per heavy atom. The molecule has 0 aliphatic carbocycles. The summed E-state index contributed by atoms with van der Waals surface area (Å²) in [6.07, 6.45) is 0. The Morgan fingerprint density at radius 1 is 0.925 bits per heavy atom. The molecule has 0 fully saturated rings. The lowest BCUT2D eigenvalue weighted by Gasteiger charge is -2.34. The van der Waals surface area contributed by atoms with Crippen LogP contribution in [0.3, 0.4) is 0 Å². The van der Waals surface area contributed by atoms with E-state index in [4.69, 9.17) is 34.8 Å². The molecule has 3 aromatic carbocycles. The molecule has 0 heterocycles. The monoisotopic (exact) mass is 623 g/mol. The van der Waals surface area contributed by atoms with Crippen LogP contribution in [0.5, 0.6) is 0 Å². The summed E-state index contributed by atoms with van der Waals surface area (Å²) in [5.74, 6) is -0.989. The van der Waals surface area contributed by atoms with Crippen molar-refractivity contribution in [2.24, 2.45) is 0 Å². The summed E-state index contributed by atoms with van der Waals surface area (Å²) in [6.45, 7) is 8.24. The van der Waals surface area contributed by atoms with Crippen LogP contribution in [0.2, 0.25) is 15.1 Å².